The monoisotopic (exact) mass is 388 g/mol. The van der Waals surface area contributed by atoms with Gasteiger partial charge < -0.3 is 15.2 Å². The molecule has 0 saturated heterocycles. The summed E-state index contributed by atoms with van der Waals surface area (Å²) >= 11 is 0. The largest absolute Gasteiger partial charge is 0.479 e. The molecule has 1 aromatic carbocycles. The Morgan fingerprint density at radius 3 is 2.90 bits per heavy atom. The zero-order valence-corrected chi connectivity index (χ0v) is 15.4. The summed E-state index contributed by atoms with van der Waals surface area (Å²) in [7, 11) is 1.77. The second-order valence-corrected chi connectivity index (χ2v) is 6.28. The summed E-state index contributed by atoms with van der Waals surface area (Å²) in [4.78, 5) is 16.3. The van der Waals surface area contributed by atoms with Crippen LogP contribution in [0.25, 0.3) is 22.2 Å². The van der Waals surface area contributed by atoms with E-state index >= 15 is 0 Å². The first kappa shape index (κ1) is 18.1. The number of carbonyl (C=O) groups is 1. The average molecular weight is 388 g/mol. The van der Waals surface area contributed by atoms with Gasteiger partial charge in [-0.2, -0.15) is 10.4 Å². The van der Waals surface area contributed by atoms with Crippen molar-refractivity contribution in [2.45, 2.75) is 0 Å². The molecule has 0 aliphatic heterocycles. The summed E-state index contributed by atoms with van der Waals surface area (Å²) in [6, 6.07) is 12.5. The first-order valence-corrected chi connectivity index (χ1v) is 8.66. The van der Waals surface area contributed by atoms with Crippen molar-refractivity contribution < 1.29 is 14.6 Å². The first-order chi connectivity index (χ1) is 14.0. The highest BCUT2D eigenvalue weighted by Gasteiger charge is 2.17. The summed E-state index contributed by atoms with van der Waals surface area (Å²) in [6.07, 6.45) is 3.90. The number of nitriles is 1. The molecule has 4 aromatic rings. The normalized spacial score (nSPS) is 10.6. The Morgan fingerprint density at radius 1 is 1.31 bits per heavy atom. The van der Waals surface area contributed by atoms with Gasteiger partial charge in [0.15, 0.2) is 6.61 Å². The van der Waals surface area contributed by atoms with Crippen molar-refractivity contribution in [1.82, 2.24) is 19.3 Å². The molecule has 0 aliphatic rings. The molecule has 0 fully saturated rings. The predicted octanol–water partition coefficient (Wildman–Crippen LogP) is 3.61. The van der Waals surface area contributed by atoms with Crippen molar-refractivity contribution in [3.05, 3.63) is 55.0 Å². The van der Waals surface area contributed by atoms with E-state index in [1.54, 1.807) is 60.7 Å². The van der Waals surface area contributed by atoms with Crippen molar-refractivity contribution in [1.29, 1.82) is 5.26 Å². The molecule has 29 heavy (non-hydrogen) atoms. The number of pyridine rings is 1. The summed E-state index contributed by atoms with van der Waals surface area (Å²) < 4.78 is 8.13. The van der Waals surface area contributed by atoms with Gasteiger partial charge in [0.05, 0.1) is 17.4 Å². The number of aryl methyl sites for hydroxylation is 1. The third-order valence-electron chi connectivity index (χ3n) is 4.29. The smallest absolute Gasteiger partial charge is 0.416 e. The van der Waals surface area contributed by atoms with Crippen LogP contribution >= 0.6 is 0 Å². The van der Waals surface area contributed by atoms with E-state index in [2.05, 4.69) is 15.4 Å². The van der Waals surface area contributed by atoms with Gasteiger partial charge in [0.2, 0.25) is 0 Å². The second kappa shape index (κ2) is 7.36. The van der Waals surface area contributed by atoms with Crippen molar-refractivity contribution in [3.8, 4) is 23.1 Å². The average Bonchev–Trinajstić information content (AvgIpc) is 3.29. The van der Waals surface area contributed by atoms with Gasteiger partial charge in [-0.1, -0.05) is 6.07 Å². The van der Waals surface area contributed by atoms with Crippen LogP contribution in [0.5, 0.6) is 5.75 Å². The van der Waals surface area contributed by atoms with Gasteiger partial charge in [-0.3, -0.25) is 4.68 Å². The van der Waals surface area contributed by atoms with E-state index in [9.17, 15) is 9.90 Å². The van der Waals surface area contributed by atoms with Crippen LogP contribution in [0, 0.1) is 11.3 Å². The molecule has 2 N–H and O–H groups in total. The maximum atomic E-state index is 11.9. The zero-order chi connectivity index (χ0) is 20.4. The molecule has 0 radical (unpaired) electrons. The Morgan fingerprint density at radius 2 is 2.17 bits per heavy atom. The fraction of sp³-hybridized carbons (Fsp3) is 0.100. The molecule has 9 heteroatoms. The topological polar surface area (TPSA) is 118 Å². The molecule has 3 aromatic heterocycles. The molecule has 0 aliphatic carbocycles. The second-order valence-electron chi connectivity index (χ2n) is 6.28. The molecule has 0 unspecified atom stereocenters. The minimum absolute atomic E-state index is 0.0447. The van der Waals surface area contributed by atoms with Gasteiger partial charge in [-0.25, -0.2) is 14.3 Å². The Bertz CT molecular complexity index is 1250. The number of benzene rings is 1. The molecule has 144 valence electrons. The number of hydrogen-bond acceptors (Lipinski definition) is 6. The van der Waals surface area contributed by atoms with E-state index in [-0.39, 0.29) is 6.61 Å². The lowest BCUT2D eigenvalue weighted by atomic mass is 10.2. The van der Waals surface area contributed by atoms with Gasteiger partial charge in [0, 0.05) is 48.2 Å². The van der Waals surface area contributed by atoms with Crippen LogP contribution in [0.2, 0.25) is 0 Å². The van der Waals surface area contributed by atoms with Crippen molar-refractivity contribution in [2.24, 2.45) is 7.05 Å². The molecule has 0 amide bonds. The summed E-state index contributed by atoms with van der Waals surface area (Å²) in [5, 5.41) is 26.4. The van der Waals surface area contributed by atoms with Crippen molar-refractivity contribution in [3.63, 3.8) is 0 Å². The zero-order valence-electron chi connectivity index (χ0n) is 15.4. The van der Waals surface area contributed by atoms with E-state index in [0.29, 0.717) is 39.4 Å². The molecule has 9 nitrogen and oxygen atoms in total. The molecule has 3 heterocycles. The minimum atomic E-state index is -1.09. The number of rotatable bonds is 5. The Balaban J connectivity index is 1.72. The number of anilines is 2. The van der Waals surface area contributed by atoms with Crippen LogP contribution in [-0.2, 0) is 7.05 Å². The predicted molar refractivity (Wildman–Crippen MR) is 106 cm³/mol. The van der Waals surface area contributed by atoms with Gasteiger partial charge >= 0.3 is 6.09 Å². The van der Waals surface area contributed by atoms with Crippen LogP contribution < -0.4 is 10.1 Å². The summed E-state index contributed by atoms with van der Waals surface area (Å²) in [5.41, 5.74) is 2.42. The number of nitrogens with one attached hydrogen (secondary N) is 1. The number of nitrogens with zero attached hydrogens (tertiary/aromatic N) is 5. The quantitative estimate of drug-likeness (QED) is 0.536. The first-order valence-electron chi connectivity index (χ1n) is 8.66. The lowest BCUT2D eigenvalue weighted by Crippen LogP contribution is -2.09. The summed E-state index contributed by atoms with van der Waals surface area (Å²) in [5.74, 6) is 1.03. The van der Waals surface area contributed by atoms with Gasteiger partial charge in [-0.05, 0) is 18.2 Å². The molecule has 0 atom stereocenters. The molecule has 4 rings (SSSR count). The van der Waals surface area contributed by atoms with Gasteiger partial charge in [0.25, 0.3) is 0 Å². The minimum Gasteiger partial charge on any atom is -0.479 e. The lowest BCUT2D eigenvalue weighted by molar-refractivity contribution is 0.198. The number of carboxylic acid groups (broad SMARTS) is 1. The van der Waals surface area contributed by atoms with Gasteiger partial charge in [0.1, 0.15) is 17.6 Å². The van der Waals surface area contributed by atoms with E-state index in [4.69, 9.17) is 10.00 Å². The Labute approximate surface area is 165 Å². The van der Waals surface area contributed by atoms with Crippen molar-refractivity contribution >= 4 is 28.5 Å². The maximum absolute atomic E-state index is 11.9. The standard InChI is InChI=1S/C20H16N6O3/c1-25-12-14(11-23-25)17-7-13-10-22-19(9-18(13)26(17)20(27)28)24-15-3-2-4-16(8-15)29-6-5-21/h2-4,7-12H,6H2,1H3,(H,22,24)(H,27,28). The lowest BCUT2D eigenvalue weighted by Gasteiger charge is -2.09. The third kappa shape index (κ3) is 3.59. The van der Waals surface area contributed by atoms with E-state index < -0.39 is 6.09 Å². The number of fused-ring (bicyclic) bond motifs is 1. The number of aromatic nitrogens is 4. The molecule has 0 spiro atoms. The number of hydrogen-bond donors (Lipinski definition) is 2. The fourth-order valence-electron chi connectivity index (χ4n) is 3.07. The molecule has 0 saturated carbocycles. The molecule has 0 bridgehead atoms. The van der Waals surface area contributed by atoms with E-state index in [1.165, 1.54) is 4.57 Å². The highest BCUT2D eigenvalue weighted by Crippen LogP contribution is 2.30. The van der Waals surface area contributed by atoms with Crippen LogP contribution in [0.15, 0.2) is 55.0 Å². The third-order valence-corrected chi connectivity index (χ3v) is 4.29. The highest BCUT2D eigenvalue weighted by molar-refractivity contribution is 5.96. The Hall–Kier alpha value is -4.32. The van der Waals surface area contributed by atoms with Crippen LogP contribution in [0.4, 0.5) is 16.3 Å². The van der Waals surface area contributed by atoms with E-state index in [1.807, 2.05) is 12.1 Å². The fourth-order valence-corrected chi connectivity index (χ4v) is 3.07. The number of ether oxygens (including phenoxy) is 1. The Kier molecular flexibility index (Phi) is 4.58. The van der Waals surface area contributed by atoms with Crippen LogP contribution in [0.3, 0.4) is 0 Å². The van der Waals surface area contributed by atoms with Crippen molar-refractivity contribution in [2.75, 3.05) is 11.9 Å². The van der Waals surface area contributed by atoms with E-state index in [0.717, 1.165) is 0 Å². The van der Waals surface area contributed by atoms with Gasteiger partial charge in [-0.15, -0.1) is 0 Å². The SMILES string of the molecule is Cn1cc(-c2cc3cnc(Nc4cccc(OCC#N)c4)cc3n2C(=O)O)cn1. The maximum Gasteiger partial charge on any atom is 0.416 e. The summed E-state index contributed by atoms with van der Waals surface area (Å²) in [6.45, 7) is -0.0447. The molecular formula is C20H16N6O3. The molecular weight excluding hydrogens is 372 g/mol. The highest BCUT2D eigenvalue weighted by atomic mass is 16.5. The van der Waals surface area contributed by atoms with Crippen LogP contribution in [0.1, 0.15) is 0 Å². The van der Waals surface area contributed by atoms with Crippen LogP contribution in [-0.4, -0.2) is 37.1 Å².